The monoisotopic (exact) mass is 953 g/mol. The van der Waals surface area contributed by atoms with Gasteiger partial charge in [0, 0.05) is 50.2 Å². The van der Waals surface area contributed by atoms with Gasteiger partial charge in [-0.05, 0) is 156 Å². The molecule has 3 aliphatic heterocycles. The summed E-state index contributed by atoms with van der Waals surface area (Å²) in [7, 11) is 0. The maximum atomic E-state index is 7.51. The molecule has 1 fully saturated rings. The van der Waals surface area contributed by atoms with Gasteiger partial charge in [0.1, 0.15) is 16.9 Å². The van der Waals surface area contributed by atoms with Gasteiger partial charge in [-0.25, -0.2) is 0 Å². The molecule has 362 valence electrons. The van der Waals surface area contributed by atoms with Gasteiger partial charge in [0.05, 0.1) is 16.8 Å². The van der Waals surface area contributed by atoms with Crippen LogP contribution >= 0.6 is 0 Å². The van der Waals surface area contributed by atoms with Crippen LogP contribution in [-0.4, -0.2) is 12.3 Å². The molecule has 0 spiro atoms. The molecule has 0 saturated heterocycles. The molecule has 4 nitrogen and oxygen atoms in total. The first-order valence-corrected chi connectivity index (χ1v) is 26.8. The summed E-state index contributed by atoms with van der Waals surface area (Å²) < 4.78 is 14.9. The zero-order valence-corrected chi connectivity index (χ0v) is 43.7. The quantitative estimate of drug-likeness (QED) is 0.135. The summed E-state index contributed by atoms with van der Waals surface area (Å²) in [5.74, 6) is 1.52. The van der Waals surface area contributed by atoms with Crippen molar-refractivity contribution in [2.24, 2.45) is 5.92 Å². The summed E-state index contributed by atoms with van der Waals surface area (Å²) in [4.78, 5) is 5.10. The van der Waals surface area contributed by atoms with Crippen LogP contribution in [0.5, 0.6) is 5.75 Å². The van der Waals surface area contributed by atoms with Crippen molar-refractivity contribution in [3.8, 4) is 5.75 Å². The van der Waals surface area contributed by atoms with E-state index in [1.807, 2.05) is 0 Å². The first-order chi connectivity index (χ1) is 35.3. The summed E-state index contributed by atoms with van der Waals surface area (Å²) in [5, 5.41) is 1.15. The molecule has 1 aliphatic carbocycles. The minimum absolute atomic E-state index is 0.180. The predicted molar refractivity (Wildman–Crippen MR) is 305 cm³/mol. The van der Waals surface area contributed by atoms with E-state index in [1.165, 1.54) is 72.5 Å². The van der Waals surface area contributed by atoms with Crippen LogP contribution in [0.2, 0.25) is 0 Å². The van der Waals surface area contributed by atoms with Crippen molar-refractivity contribution < 1.29 is 9.15 Å². The van der Waals surface area contributed by atoms with Gasteiger partial charge in [0.15, 0.2) is 0 Å². The molecule has 0 N–H and O–H groups in total. The van der Waals surface area contributed by atoms with Crippen LogP contribution in [0.3, 0.4) is 0 Å². The van der Waals surface area contributed by atoms with Crippen molar-refractivity contribution in [2.75, 3.05) is 9.80 Å². The number of rotatable bonds is 9. The van der Waals surface area contributed by atoms with Gasteiger partial charge in [0.25, 0.3) is 6.71 Å². The van der Waals surface area contributed by atoms with E-state index in [2.05, 4.69) is 247 Å². The zero-order valence-electron chi connectivity index (χ0n) is 43.7. The van der Waals surface area contributed by atoms with Crippen molar-refractivity contribution in [2.45, 2.75) is 109 Å². The number of fused-ring (bicyclic) bond motifs is 9. The number of furan rings is 1. The highest BCUT2D eigenvalue weighted by Crippen LogP contribution is 2.61. The van der Waals surface area contributed by atoms with Crippen molar-refractivity contribution >= 4 is 68.4 Å². The third-order valence-corrected chi connectivity index (χ3v) is 17.7. The van der Waals surface area contributed by atoms with Gasteiger partial charge in [-0.1, -0.05) is 169 Å². The highest BCUT2D eigenvalue weighted by Gasteiger charge is 2.60. The molecule has 1 aromatic heterocycles. The van der Waals surface area contributed by atoms with E-state index in [4.69, 9.17) is 9.15 Å². The molecule has 2 unspecified atom stereocenters. The number of hydrogen-bond donors (Lipinski definition) is 0. The molecule has 4 aliphatic rings. The second kappa shape index (κ2) is 16.6. The Bertz CT molecular complexity index is 3580. The Balaban J connectivity index is 1.07. The average Bonchev–Trinajstić information content (AvgIpc) is 3.92. The highest BCUT2D eigenvalue weighted by molar-refractivity contribution is 7.00. The van der Waals surface area contributed by atoms with Gasteiger partial charge < -0.3 is 19.0 Å². The lowest BCUT2D eigenvalue weighted by Crippen LogP contribution is -2.61. The maximum Gasteiger partial charge on any atom is 0.297 e. The van der Waals surface area contributed by atoms with Crippen LogP contribution in [0.15, 0.2) is 186 Å². The van der Waals surface area contributed by atoms with Crippen LogP contribution in [0.25, 0.3) is 11.0 Å². The minimum Gasteiger partial charge on any atom is -0.486 e. The van der Waals surface area contributed by atoms with E-state index < -0.39 is 5.60 Å². The standard InChI is InChI=1S/C68H65BN2O2/c1-44(2)38-46-26-35-60-54(41-46)63-64(72-60)69-56-43-61-55(68(51-24-16-11-17-25-51)37-19-18-36-67(68,8)73-61)42-57(56)70(52-31-27-49(28-32-52)65(4,5)47-20-12-9-13-21-47)58-39-45(3)40-59(62(58)69)71(63)53-33-29-50(30-34-53)66(6,7)48-22-14-10-15-23-48/h9-17,20-35,39-44H,18-19,36-38H2,1-8H3. The first-order valence-electron chi connectivity index (χ1n) is 26.8. The van der Waals surface area contributed by atoms with Crippen LogP contribution in [0, 0.1) is 12.8 Å². The van der Waals surface area contributed by atoms with E-state index in [-0.39, 0.29) is 23.0 Å². The van der Waals surface area contributed by atoms with Gasteiger partial charge in [-0.15, -0.1) is 0 Å². The third kappa shape index (κ3) is 6.87. The van der Waals surface area contributed by atoms with E-state index in [9.17, 15) is 0 Å². The molecule has 9 aromatic rings. The second-order valence-electron chi connectivity index (χ2n) is 23.4. The van der Waals surface area contributed by atoms with Gasteiger partial charge in [-0.2, -0.15) is 0 Å². The number of aryl methyl sites for hydroxylation is 1. The number of anilines is 6. The smallest absolute Gasteiger partial charge is 0.297 e. The fraction of sp³-hybridized carbons (Fsp3) is 0.265. The van der Waals surface area contributed by atoms with Crippen molar-refractivity contribution in [3.63, 3.8) is 0 Å². The fourth-order valence-corrected chi connectivity index (χ4v) is 13.8. The lowest BCUT2D eigenvalue weighted by Gasteiger charge is -2.47. The number of hydrogen-bond acceptors (Lipinski definition) is 4. The third-order valence-electron chi connectivity index (χ3n) is 17.7. The minimum atomic E-state index is -0.398. The van der Waals surface area contributed by atoms with Crippen LogP contribution in [0.1, 0.15) is 119 Å². The molecule has 73 heavy (non-hydrogen) atoms. The topological polar surface area (TPSA) is 28.9 Å². The number of ether oxygens (including phenoxy) is 1. The lowest BCUT2D eigenvalue weighted by molar-refractivity contribution is 0.0178. The Morgan fingerprint density at radius 2 is 1.14 bits per heavy atom. The normalized spacial score (nSPS) is 18.8. The Kier molecular flexibility index (Phi) is 10.4. The molecule has 8 aromatic carbocycles. The Morgan fingerprint density at radius 3 is 1.74 bits per heavy atom. The van der Waals surface area contributed by atoms with Crippen LogP contribution < -0.4 is 31.1 Å². The molecule has 5 heteroatoms. The summed E-state index contributed by atoms with van der Waals surface area (Å²) in [6.45, 7) is 18.4. The summed E-state index contributed by atoms with van der Waals surface area (Å²) >= 11 is 0. The predicted octanol–water partition coefficient (Wildman–Crippen LogP) is 15.7. The molecule has 4 heterocycles. The number of nitrogens with zero attached hydrogens (tertiary/aromatic N) is 2. The van der Waals surface area contributed by atoms with E-state index in [1.54, 1.807) is 0 Å². The van der Waals surface area contributed by atoms with Crippen molar-refractivity contribution in [1.29, 1.82) is 0 Å². The largest absolute Gasteiger partial charge is 0.486 e. The SMILES string of the molecule is Cc1cc2c3c(c1)N(c1ccc(C(C)(C)c4ccccc4)cc1)c1c(oc4ccc(CC(C)C)cc14)B3c1cc3c(cc1N2c1ccc(C(C)(C)c2ccccc2)cc1)C1(c2ccccc2)CCCCC1(C)O3. The Labute approximate surface area is 432 Å². The molecule has 0 bridgehead atoms. The molecule has 13 rings (SSSR count). The summed E-state index contributed by atoms with van der Waals surface area (Å²) in [6, 6.07) is 68.6. The molecular formula is C68H65BN2O2. The zero-order chi connectivity index (χ0) is 50.0. The van der Waals surface area contributed by atoms with Gasteiger partial charge >= 0.3 is 0 Å². The molecule has 0 radical (unpaired) electrons. The van der Waals surface area contributed by atoms with Crippen molar-refractivity contribution in [1.82, 2.24) is 0 Å². The molecule has 2 atom stereocenters. The van der Waals surface area contributed by atoms with E-state index in [0.717, 1.165) is 71.5 Å². The van der Waals surface area contributed by atoms with E-state index >= 15 is 0 Å². The first kappa shape index (κ1) is 45.6. The van der Waals surface area contributed by atoms with Crippen LogP contribution in [-0.2, 0) is 22.7 Å². The summed E-state index contributed by atoms with van der Waals surface area (Å²) in [5.41, 5.74) is 20.5. The molecular weight excluding hydrogens is 888 g/mol. The van der Waals surface area contributed by atoms with Gasteiger partial charge in [0.2, 0.25) is 0 Å². The Morgan fingerprint density at radius 1 is 0.589 bits per heavy atom. The summed E-state index contributed by atoms with van der Waals surface area (Å²) in [6.07, 6.45) is 5.33. The second-order valence-corrected chi connectivity index (χ2v) is 23.4. The highest BCUT2D eigenvalue weighted by atomic mass is 16.5. The average molecular weight is 953 g/mol. The molecule has 1 saturated carbocycles. The van der Waals surface area contributed by atoms with Gasteiger partial charge in [-0.3, -0.25) is 0 Å². The fourth-order valence-electron chi connectivity index (χ4n) is 13.8. The lowest BCUT2D eigenvalue weighted by atomic mass is 9.35. The Hall–Kier alpha value is -7.24. The maximum absolute atomic E-state index is 7.51. The molecule has 0 amide bonds. The van der Waals surface area contributed by atoms with E-state index in [0.29, 0.717) is 5.92 Å². The number of benzene rings is 8. The van der Waals surface area contributed by atoms with Crippen LogP contribution in [0.4, 0.5) is 34.1 Å². The van der Waals surface area contributed by atoms with Crippen molar-refractivity contribution in [3.05, 3.63) is 226 Å².